The Balaban J connectivity index is 2.90. The van der Waals surface area contributed by atoms with Gasteiger partial charge in [-0.2, -0.15) is 0 Å². The summed E-state index contributed by atoms with van der Waals surface area (Å²) in [6.07, 6.45) is 0. The molecule has 0 fully saturated rings. The lowest BCUT2D eigenvalue weighted by Crippen LogP contribution is -1.95. The zero-order valence-electron chi connectivity index (χ0n) is 8.61. The Bertz CT molecular complexity index is 616. The maximum Gasteiger partial charge on any atom is 0.325 e. The number of nitro groups is 1. The molecule has 0 aliphatic rings. The summed E-state index contributed by atoms with van der Waals surface area (Å²) in [5, 5.41) is 10.9. The Hall–Kier alpha value is -1.59. The van der Waals surface area contributed by atoms with Crippen LogP contribution in [0.25, 0.3) is 10.9 Å². The minimum absolute atomic E-state index is 0.0381. The summed E-state index contributed by atoms with van der Waals surface area (Å²) in [6, 6.07) is 4.97. The summed E-state index contributed by atoms with van der Waals surface area (Å²) in [7, 11) is 1.47. The highest BCUT2D eigenvalue weighted by Crippen LogP contribution is 2.39. The number of pyridine rings is 1. The minimum Gasteiger partial charge on any atom is -0.494 e. The first-order chi connectivity index (χ1) is 8.06. The van der Waals surface area contributed by atoms with Crippen molar-refractivity contribution in [1.82, 2.24) is 4.98 Å². The van der Waals surface area contributed by atoms with Gasteiger partial charge in [-0.05, 0) is 6.07 Å². The standard InChI is InChI=1S/C10H6Cl2N2O3/c1-17-6-4-2-3-5-7(11)9(14(15)16)10(12)13-8(5)6/h2-4H,1H3. The van der Waals surface area contributed by atoms with Crippen LogP contribution in [0.2, 0.25) is 10.2 Å². The SMILES string of the molecule is COc1cccc2c(Cl)c([N+](=O)[O-])c(Cl)nc12. The van der Waals surface area contributed by atoms with Crippen LogP contribution in [0.5, 0.6) is 5.75 Å². The Morgan fingerprint density at radius 2 is 2.12 bits per heavy atom. The third kappa shape index (κ3) is 1.87. The second kappa shape index (κ2) is 4.35. The number of para-hydroxylation sites is 1. The van der Waals surface area contributed by atoms with E-state index in [4.69, 9.17) is 27.9 Å². The van der Waals surface area contributed by atoms with Crippen molar-refractivity contribution >= 4 is 39.8 Å². The van der Waals surface area contributed by atoms with Gasteiger partial charge in [0.1, 0.15) is 16.3 Å². The third-order valence-corrected chi connectivity index (χ3v) is 2.90. The van der Waals surface area contributed by atoms with E-state index in [-0.39, 0.29) is 10.2 Å². The van der Waals surface area contributed by atoms with Crippen molar-refractivity contribution in [3.8, 4) is 5.75 Å². The number of hydrogen-bond acceptors (Lipinski definition) is 4. The number of aromatic nitrogens is 1. The number of fused-ring (bicyclic) bond motifs is 1. The summed E-state index contributed by atoms with van der Waals surface area (Å²) in [4.78, 5) is 14.1. The van der Waals surface area contributed by atoms with Gasteiger partial charge < -0.3 is 4.74 Å². The minimum atomic E-state index is -0.656. The summed E-state index contributed by atoms with van der Waals surface area (Å²) in [6.45, 7) is 0. The topological polar surface area (TPSA) is 65.3 Å². The quantitative estimate of drug-likeness (QED) is 0.477. The molecular weight excluding hydrogens is 267 g/mol. The van der Waals surface area contributed by atoms with Gasteiger partial charge in [0.2, 0.25) is 5.15 Å². The fourth-order valence-electron chi connectivity index (χ4n) is 1.50. The van der Waals surface area contributed by atoms with E-state index in [0.717, 1.165) is 0 Å². The summed E-state index contributed by atoms with van der Waals surface area (Å²) < 4.78 is 5.09. The Kier molecular flexibility index (Phi) is 3.04. The number of rotatable bonds is 2. The maximum absolute atomic E-state index is 10.8. The molecule has 5 nitrogen and oxygen atoms in total. The first kappa shape index (κ1) is 11.9. The lowest BCUT2D eigenvalue weighted by Gasteiger charge is -2.06. The first-order valence-electron chi connectivity index (χ1n) is 4.52. The van der Waals surface area contributed by atoms with Gasteiger partial charge in [-0.15, -0.1) is 0 Å². The molecule has 1 aromatic heterocycles. The van der Waals surface area contributed by atoms with Gasteiger partial charge in [0, 0.05) is 5.39 Å². The van der Waals surface area contributed by atoms with Crippen molar-refractivity contribution in [3.63, 3.8) is 0 Å². The fourth-order valence-corrected chi connectivity index (χ4v) is 2.11. The van der Waals surface area contributed by atoms with Crippen LogP contribution in [0, 0.1) is 10.1 Å². The zero-order chi connectivity index (χ0) is 12.6. The average Bonchev–Trinajstić information content (AvgIpc) is 2.28. The predicted octanol–water partition coefficient (Wildman–Crippen LogP) is 3.46. The molecule has 0 unspecified atom stereocenters. The Morgan fingerprint density at radius 1 is 1.41 bits per heavy atom. The molecule has 0 radical (unpaired) electrons. The van der Waals surface area contributed by atoms with E-state index in [1.807, 2.05) is 0 Å². The second-order valence-electron chi connectivity index (χ2n) is 3.18. The van der Waals surface area contributed by atoms with Crippen LogP contribution in [-0.4, -0.2) is 17.0 Å². The van der Waals surface area contributed by atoms with Gasteiger partial charge in [0.25, 0.3) is 0 Å². The van der Waals surface area contributed by atoms with E-state index < -0.39 is 10.6 Å². The molecule has 0 aliphatic carbocycles. The summed E-state index contributed by atoms with van der Waals surface area (Å²) >= 11 is 11.7. The van der Waals surface area contributed by atoms with Gasteiger partial charge in [-0.1, -0.05) is 35.3 Å². The number of hydrogen-bond donors (Lipinski definition) is 0. The molecule has 0 atom stereocenters. The molecule has 0 saturated carbocycles. The highest BCUT2D eigenvalue weighted by molar-refractivity contribution is 6.41. The van der Waals surface area contributed by atoms with E-state index >= 15 is 0 Å². The molecule has 7 heteroatoms. The van der Waals surface area contributed by atoms with Crippen LogP contribution in [0.1, 0.15) is 0 Å². The first-order valence-corrected chi connectivity index (χ1v) is 5.28. The van der Waals surface area contributed by atoms with Gasteiger partial charge in [-0.3, -0.25) is 10.1 Å². The molecule has 0 N–H and O–H groups in total. The smallest absolute Gasteiger partial charge is 0.325 e. The van der Waals surface area contributed by atoms with E-state index in [2.05, 4.69) is 4.98 Å². The maximum atomic E-state index is 10.8. The molecule has 1 aromatic carbocycles. The van der Waals surface area contributed by atoms with Crippen LogP contribution >= 0.6 is 23.2 Å². The average molecular weight is 273 g/mol. The molecule has 0 spiro atoms. The molecule has 17 heavy (non-hydrogen) atoms. The van der Waals surface area contributed by atoms with Gasteiger partial charge in [0.05, 0.1) is 12.0 Å². The zero-order valence-corrected chi connectivity index (χ0v) is 10.1. The lowest BCUT2D eigenvalue weighted by molar-refractivity contribution is -0.384. The molecule has 0 saturated heterocycles. The fraction of sp³-hybridized carbons (Fsp3) is 0.100. The molecule has 0 bridgehead atoms. The summed E-state index contributed by atoms with van der Waals surface area (Å²) in [5.74, 6) is 0.459. The highest BCUT2D eigenvalue weighted by atomic mass is 35.5. The van der Waals surface area contributed by atoms with E-state index in [9.17, 15) is 10.1 Å². The third-order valence-electron chi connectivity index (χ3n) is 2.25. The van der Waals surface area contributed by atoms with E-state index in [0.29, 0.717) is 16.7 Å². The molecule has 0 aliphatic heterocycles. The van der Waals surface area contributed by atoms with Crippen molar-refractivity contribution in [2.75, 3.05) is 7.11 Å². The van der Waals surface area contributed by atoms with Crippen molar-refractivity contribution in [2.24, 2.45) is 0 Å². The predicted molar refractivity (Wildman–Crippen MR) is 65.0 cm³/mol. The van der Waals surface area contributed by atoms with Crippen LogP contribution in [-0.2, 0) is 0 Å². The number of benzene rings is 1. The molecular formula is C10H6Cl2N2O3. The van der Waals surface area contributed by atoms with Crippen molar-refractivity contribution in [1.29, 1.82) is 0 Å². The Labute approximate surface area is 106 Å². The largest absolute Gasteiger partial charge is 0.494 e. The normalized spacial score (nSPS) is 10.5. The number of nitrogens with zero attached hydrogens (tertiary/aromatic N) is 2. The number of halogens is 2. The molecule has 2 aromatic rings. The van der Waals surface area contributed by atoms with Gasteiger partial charge in [0.15, 0.2) is 0 Å². The van der Waals surface area contributed by atoms with Gasteiger partial charge >= 0.3 is 5.69 Å². The summed E-state index contributed by atoms with van der Waals surface area (Å²) in [5.41, 5.74) is 0.00434. The van der Waals surface area contributed by atoms with Crippen LogP contribution < -0.4 is 4.74 Å². The van der Waals surface area contributed by atoms with Crippen molar-refractivity contribution < 1.29 is 9.66 Å². The highest BCUT2D eigenvalue weighted by Gasteiger charge is 2.23. The van der Waals surface area contributed by atoms with Crippen molar-refractivity contribution in [2.45, 2.75) is 0 Å². The van der Waals surface area contributed by atoms with E-state index in [1.165, 1.54) is 7.11 Å². The molecule has 88 valence electrons. The van der Waals surface area contributed by atoms with Crippen LogP contribution in [0.4, 0.5) is 5.69 Å². The van der Waals surface area contributed by atoms with Crippen LogP contribution in [0.15, 0.2) is 18.2 Å². The lowest BCUT2D eigenvalue weighted by atomic mass is 10.2. The second-order valence-corrected chi connectivity index (χ2v) is 3.91. The van der Waals surface area contributed by atoms with Gasteiger partial charge in [-0.25, -0.2) is 4.98 Å². The molecule has 2 rings (SSSR count). The monoisotopic (exact) mass is 272 g/mol. The molecule has 1 heterocycles. The van der Waals surface area contributed by atoms with Crippen molar-refractivity contribution in [3.05, 3.63) is 38.5 Å². The Morgan fingerprint density at radius 3 is 2.71 bits per heavy atom. The molecule has 0 amide bonds. The van der Waals surface area contributed by atoms with E-state index in [1.54, 1.807) is 18.2 Å². The number of ether oxygens (including phenoxy) is 1. The van der Waals surface area contributed by atoms with Crippen LogP contribution in [0.3, 0.4) is 0 Å². The number of methoxy groups -OCH3 is 1.